The van der Waals surface area contributed by atoms with E-state index < -0.39 is 0 Å². The Hall–Kier alpha value is -0.120. The molecular weight excluding hydrogens is 130 g/mol. The van der Waals surface area contributed by atoms with E-state index >= 15 is 0 Å². The van der Waals surface area contributed by atoms with Gasteiger partial charge in [0.2, 0.25) is 0 Å². The fourth-order valence-corrected chi connectivity index (χ4v) is 1.20. The molecule has 1 heterocycles. The third kappa shape index (κ3) is 1.68. The van der Waals surface area contributed by atoms with Gasteiger partial charge in [0, 0.05) is 6.54 Å². The van der Waals surface area contributed by atoms with Gasteiger partial charge in [-0.25, -0.2) is 0 Å². The van der Waals surface area contributed by atoms with Crippen molar-refractivity contribution in [3.05, 3.63) is 0 Å². The minimum Gasteiger partial charge on any atom is -0.349 e. The molecule has 0 aromatic carbocycles. The van der Waals surface area contributed by atoms with Crippen LogP contribution in [0.4, 0.5) is 0 Å². The molecule has 0 amide bonds. The molecule has 1 saturated heterocycles. The molecule has 0 saturated carbocycles. The minimum absolute atomic E-state index is 0.259. The lowest BCUT2D eigenvalue weighted by molar-refractivity contribution is 0.0384. The SMILES string of the molecule is CCC1OCOC1CNC. The van der Waals surface area contributed by atoms with E-state index in [0.717, 1.165) is 13.0 Å². The fraction of sp³-hybridized carbons (Fsp3) is 1.00. The van der Waals surface area contributed by atoms with Gasteiger partial charge in [-0.3, -0.25) is 0 Å². The predicted molar refractivity (Wildman–Crippen MR) is 38.8 cm³/mol. The van der Waals surface area contributed by atoms with Crippen LogP contribution in [0, 0.1) is 0 Å². The maximum Gasteiger partial charge on any atom is 0.147 e. The van der Waals surface area contributed by atoms with Gasteiger partial charge < -0.3 is 14.8 Å². The largest absolute Gasteiger partial charge is 0.349 e. The number of hydrogen-bond donors (Lipinski definition) is 1. The second kappa shape index (κ2) is 3.91. The first-order valence-corrected chi connectivity index (χ1v) is 3.76. The van der Waals surface area contributed by atoms with Crippen molar-refractivity contribution in [2.45, 2.75) is 25.6 Å². The zero-order valence-corrected chi connectivity index (χ0v) is 6.59. The summed E-state index contributed by atoms with van der Waals surface area (Å²) in [5.41, 5.74) is 0. The highest BCUT2D eigenvalue weighted by atomic mass is 16.7. The van der Waals surface area contributed by atoms with Crippen LogP contribution in [-0.4, -0.2) is 32.6 Å². The Morgan fingerprint density at radius 2 is 2.10 bits per heavy atom. The van der Waals surface area contributed by atoms with E-state index in [0.29, 0.717) is 12.9 Å². The van der Waals surface area contributed by atoms with Crippen LogP contribution in [0.3, 0.4) is 0 Å². The minimum atomic E-state index is 0.259. The van der Waals surface area contributed by atoms with Gasteiger partial charge in [-0.2, -0.15) is 0 Å². The van der Waals surface area contributed by atoms with E-state index in [-0.39, 0.29) is 6.10 Å². The van der Waals surface area contributed by atoms with Crippen molar-refractivity contribution in [1.29, 1.82) is 0 Å². The van der Waals surface area contributed by atoms with Crippen molar-refractivity contribution in [2.75, 3.05) is 20.4 Å². The lowest BCUT2D eigenvalue weighted by atomic mass is 10.1. The topological polar surface area (TPSA) is 30.5 Å². The van der Waals surface area contributed by atoms with Crippen LogP contribution in [-0.2, 0) is 9.47 Å². The van der Waals surface area contributed by atoms with Crippen LogP contribution in [0.25, 0.3) is 0 Å². The maximum absolute atomic E-state index is 5.31. The second-order valence-electron chi connectivity index (χ2n) is 2.49. The summed E-state index contributed by atoms with van der Waals surface area (Å²) in [6.07, 6.45) is 1.59. The highest BCUT2D eigenvalue weighted by molar-refractivity contribution is 4.73. The van der Waals surface area contributed by atoms with Crippen molar-refractivity contribution in [3.63, 3.8) is 0 Å². The molecule has 2 unspecified atom stereocenters. The van der Waals surface area contributed by atoms with Gasteiger partial charge in [-0.1, -0.05) is 6.92 Å². The maximum atomic E-state index is 5.31. The van der Waals surface area contributed by atoms with Crippen molar-refractivity contribution in [2.24, 2.45) is 0 Å². The Kier molecular flexibility index (Phi) is 3.12. The summed E-state index contributed by atoms with van der Waals surface area (Å²) in [6, 6.07) is 0. The van der Waals surface area contributed by atoms with Crippen LogP contribution >= 0.6 is 0 Å². The van der Waals surface area contributed by atoms with Crippen LogP contribution in [0.15, 0.2) is 0 Å². The monoisotopic (exact) mass is 145 g/mol. The van der Waals surface area contributed by atoms with Crippen molar-refractivity contribution in [3.8, 4) is 0 Å². The first kappa shape index (κ1) is 7.98. The van der Waals surface area contributed by atoms with Crippen molar-refractivity contribution >= 4 is 0 Å². The van der Waals surface area contributed by atoms with E-state index in [1.807, 2.05) is 7.05 Å². The van der Waals surface area contributed by atoms with E-state index in [1.165, 1.54) is 0 Å². The summed E-state index contributed by atoms with van der Waals surface area (Å²) in [6.45, 7) is 3.46. The van der Waals surface area contributed by atoms with Gasteiger partial charge in [0.05, 0.1) is 12.2 Å². The summed E-state index contributed by atoms with van der Waals surface area (Å²) >= 11 is 0. The van der Waals surface area contributed by atoms with E-state index in [1.54, 1.807) is 0 Å². The zero-order chi connectivity index (χ0) is 7.40. The van der Waals surface area contributed by atoms with Crippen LogP contribution in [0.2, 0.25) is 0 Å². The molecule has 2 atom stereocenters. The van der Waals surface area contributed by atoms with Gasteiger partial charge in [0.15, 0.2) is 0 Å². The average Bonchev–Trinajstić information content (AvgIpc) is 2.36. The highest BCUT2D eigenvalue weighted by Gasteiger charge is 2.26. The molecule has 0 aromatic heterocycles. The summed E-state index contributed by atoms with van der Waals surface area (Å²) < 4.78 is 10.6. The summed E-state index contributed by atoms with van der Waals surface area (Å²) in [5.74, 6) is 0. The molecule has 0 bridgehead atoms. The van der Waals surface area contributed by atoms with Crippen LogP contribution in [0.1, 0.15) is 13.3 Å². The molecule has 10 heavy (non-hydrogen) atoms. The molecule has 60 valence electrons. The number of rotatable bonds is 3. The Labute approximate surface area is 61.7 Å². The molecule has 0 aliphatic carbocycles. The number of likely N-dealkylation sites (N-methyl/N-ethyl adjacent to an activating group) is 1. The molecule has 0 spiro atoms. The molecular formula is C7H15NO2. The Morgan fingerprint density at radius 1 is 1.40 bits per heavy atom. The molecule has 3 nitrogen and oxygen atoms in total. The van der Waals surface area contributed by atoms with E-state index in [9.17, 15) is 0 Å². The first-order chi connectivity index (χ1) is 4.88. The molecule has 0 aromatic rings. The molecule has 3 heteroatoms. The normalized spacial score (nSPS) is 33.0. The highest BCUT2D eigenvalue weighted by Crippen LogP contribution is 2.14. The Balaban J connectivity index is 2.27. The molecule has 0 radical (unpaired) electrons. The summed E-state index contributed by atoms with van der Waals surface area (Å²) in [5, 5.41) is 3.07. The van der Waals surface area contributed by atoms with Gasteiger partial charge in [-0.15, -0.1) is 0 Å². The predicted octanol–water partition coefficient (Wildman–Crippen LogP) is 0.357. The van der Waals surface area contributed by atoms with Crippen molar-refractivity contribution < 1.29 is 9.47 Å². The van der Waals surface area contributed by atoms with Gasteiger partial charge in [0.1, 0.15) is 6.79 Å². The van der Waals surface area contributed by atoms with Crippen molar-refractivity contribution in [1.82, 2.24) is 5.32 Å². The molecule has 1 fully saturated rings. The van der Waals surface area contributed by atoms with Gasteiger partial charge in [-0.05, 0) is 13.5 Å². The number of nitrogens with one attached hydrogen (secondary N) is 1. The summed E-state index contributed by atoms with van der Waals surface area (Å²) in [7, 11) is 1.92. The Bertz CT molecular complexity index is 97.6. The third-order valence-electron chi connectivity index (χ3n) is 1.79. The van der Waals surface area contributed by atoms with Crippen LogP contribution < -0.4 is 5.32 Å². The molecule has 1 rings (SSSR count). The third-order valence-corrected chi connectivity index (χ3v) is 1.79. The average molecular weight is 145 g/mol. The van der Waals surface area contributed by atoms with Gasteiger partial charge >= 0.3 is 0 Å². The lowest BCUT2D eigenvalue weighted by Gasteiger charge is -2.13. The zero-order valence-electron chi connectivity index (χ0n) is 6.59. The van der Waals surface area contributed by atoms with Crippen LogP contribution in [0.5, 0.6) is 0 Å². The molecule has 1 aliphatic heterocycles. The summed E-state index contributed by atoms with van der Waals surface area (Å²) in [4.78, 5) is 0. The number of ether oxygens (including phenoxy) is 2. The first-order valence-electron chi connectivity index (χ1n) is 3.76. The fourth-order valence-electron chi connectivity index (χ4n) is 1.20. The van der Waals surface area contributed by atoms with E-state index in [2.05, 4.69) is 12.2 Å². The smallest absolute Gasteiger partial charge is 0.147 e. The molecule has 1 N–H and O–H groups in total. The number of hydrogen-bond acceptors (Lipinski definition) is 3. The van der Waals surface area contributed by atoms with Gasteiger partial charge in [0.25, 0.3) is 0 Å². The standard InChI is InChI=1S/C7H15NO2/c1-3-6-7(4-8-2)10-5-9-6/h6-8H,3-5H2,1-2H3. The lowest BCUT2D eigenvalue weighted by Crippen LogP contribution is -2.31. The quantitative estimate of drug-likeness (QED) is 0.622. The Morgan fingerprint density at radius 3 is 2.70 bits per heavy atom. The molecule has 1 aliphatic rings. The second-order valence-corrected chi connectivity index (χ2v) is 2.49. The van der Waals surface area contributed by atoms with E-state index in [4.69, 9.17) is 9.47 Å².